The molecule has 0 aromatic rings. The third-order valence-electron chi connectivity index (χ3n) is 1.53. The van der Waals surface area contributed by atoms with E-state index in [2.05, 4.69) is 0 Å². The molecule has 1 nitrogen and oxygen atoms in total. The smallest absolute Gasteiger partial charge is 0.152 e. The van der Waals surface area contributed by atoms with Crippen LogP contribution in [0.2, 0.25) is 0 Å². The number of allylic oxidation sites excluding steroid dienone is 6. The summed E-state index contributed by atoms with van der Waals surface area (Å²) in [4.78, 5) is 11.5. The second-order valence-corrected chi connectivity index (χ2v) is 3.11. The maximum absolute atomic E-state index is 10.6. The van der Waals surface area contributed by atoms with Gasteiger partial charge in [0.05, 0.1) is 0 Å². The van der Waals surface area contributed by atoms with E-state index in [-0.39, 0.29) is 5.78 Å². The monoisotopic (exact) mass is 178 g/mol. The Balaban J connectivity index is 2.74. The maximum Gasteiger partial charge on any atom is 0.152 e. The number of hydrogen-bond donors (Lipinski definition) is 0. The highest BCUT2D eigenvalue weighted by molar-refractivity contribution is 7.80. The number of ketones is 1. The van der Waals surface area contributed by atoms with Crippen LogP contribution in [0, 0.1) is 0 Å². The Morgan fingerprint density at radius 1 is 1.67 bits per heavy atom. The molecule has 0 aliphatic heterocycles. The second-order valence-electron chi connectivity index (χ2n) is 2.62. The van der Waals surface area contributed by atoms with Crippen molar-refractivity contribution in [3.05, 3.63) is 36.0 Å². The van der Waals surface area contributed by atoms with Gasteiger partial charge in [-0.3, -0.25) is 4.79 Å². The molecule has 1 aliphatic carbocycles. The summed E-state index contributed by atoms with van der Waals surface area (Å²) in [6, 6.07) is 0. The minimum atomic E-state index is 0.0493. The molecule has 0 saturated carbocycles. The van der Waals surface area contributed by atoms with Crippen LogP contribution < -0.4 is 0 Å². The molecule has 1 aliphatic rings. The Morgan fingerprint density at radius 3 is 3.00 bits per heavy atom. The minimum Gasteiger partial charge on any atom is -0.295 e. The van der Waals surface area contributed by atoms with Crippen molar-refractivity contribution in [1.29, 1.82) is 0 Å². The van der Waals surface area contributed by atoms with E-state index in [1.54, 1.807) is 6.08 Å². The molecule has 0 aromatic heterocycles. The van der Waals surface area contributed by atoms with Gasteiger partial charge in [-0.2, -0.15) is 0 Å². The Hall–Kier alpha value is -1.02. The van der Waals surface area contributed by atoms with Gasteiger partial charge in [0, 0.05) is 11.3 Å². The predicted molar refractivity (Wildman–Crippen MR) is 54.3 cm³/mol. The van der Waals surface area contributed by atoms with Crippen molar-refractivity contribution in [2.75, 3.05) is 0 Å². The van der Waals surface area contributed by atoms with Gasteiger partial charge in [0.15, 0.2) is 5.78 Å². The van der Waals surface area contributed by atoms with Gasteiger partial charge in [0.2, 0.25) is 0 Å². The van der Waals surface area contributed by atoms with E-state index < -0.39 is 0 Å². The first-order chi connectivity index (χ1) is 5.70. The summed E-state index contributed by atoms with van der Waals surface area (Å²) in [5.74, 6) is 0.0493. The van der Waals surface area contributed by atoms with Crippen LogP contribution in [0.15, 0.2) is 36.0 Å². The minimum absolute atomic E-state index is 0.0493. The number of carbonyl (C=O) groups excluding carboxylic acids is 1. The van der Waals surface area contributed by atoms with Crippen LogP contribution in [0.1, 0.15) is 13.3 Å². The lowest BCUT2D eigenvalue weighted by molar-refractivity contribution is -0.112. The van der Waals surface area contributed by atoms with Crippen molar-refractivity contribution in [2.24, 2.45) is 0 Å². The summed E-state index contributed by atoms with van der Waals surface area (Å²) in [7, 11) is 0. The molecule has 2 heteroatoms. The summed E-state index contributed by atoms with van der Waals surface area (Å²) in [6.45, 7) is 1.53. The van der Waals surface area contributed by atoms with Crippen LogP contribution in [-0.4, -0.2) is 10.6 Å². The number of carbonyl (C=O) groups is 1. The average molecular weight is 178 g/mol. The van der Waals surface area contributed by atoms with E-state index in [0.717, 1.165) is 16.9 Å². The van der Waals surface area contributed by atoms with Crippen LogP contribution >= 0.6 is 12.2 Å². The maximum atomic E-state index is 10.6. The molecule has 62 valence electrons. The molecule has 0 spiro atoms. The van der Waals surface area contributed by atoms with Crippen molar-refractivity contribution in [3.63, 3.8) is 0 Å². The van der Waals surface area contributed by atoms with Gasteiger partial charge in [-0.15, -0.1) is 0 Å². The lowest BCUT2D eigenvalue weighted by Crippen LogP contribution is -1.98. The second kappa shape index (κ2) is 4.12. The molecular formula is C10H10OS. The summed E-state index contributed by atoms with van der Waals surface area (Å²) < 4.78 is 0. The van der Waals surface area contributed by atoms with Crippen LogP contribution in [0.4, 0.5) is 0 Å². The van der Waals surface area contributed by atoms with Crippen molar-refractivity contribution in [3.8, 4) is 0 Å². The van der Waals surface area contributed by atoms with Gasteiger partial charge >= 0.3 is 0 Å². The average Bonchev–Trinajstić information content (AvgIpc) is 2.03. The molecule has 0 amide bonds. The fourth-order valence-electron chi connectivity index (χ4n) is 0.913. The first-order valence-electron chi connectivity index (χ1n) is 3.79. The Labute approximate surface area is 77.5 Å². The molecule has 0 radical (unpaired) electrons. The molecular weight excluding hydrogens is 168 g/mol. The topological polar surface area (TPSA) is 17.1 Å². The molecule has 0 fully saturated rings. The molecule has 0 atom stereocenters. The number of thiocarbonyl (C=S) groups is 1. The predicted octanol–water partition coefficient (Wildman–Crippen LogP) is 2.39. The van der Waals surface area contributed by atoms with E-state index in [4.69, 9.17) is 12.2 Å². The lowest BCUT2D eigenvalue weighted by atomic mass is 10.0. The highest BCUT2D eigenvalue weighted by atomic mass is 32.1. The Morgan fingerprint density at radius 2 is 2.42 bits per heavy atom. The first-order valence-corrected chi connectivity index (χ1v) is 4.19. The quantitative estimate of drug-likeness (QED) is 0.477. The molecule has 0 unspecified atom stereocenters. The van der Waals surface area contributed by atoms with Gasteiger partial charge < -0.3 is 0 Å². The largest absolute Gasteiger partial charge is 0.295 e. The van der Waals surface area contributed by atoms with E-state index in [9.17, 15) is 4.79 Å². The van der Waals surface area contributed by atoms with Crippen molar-refractivity contribution < 1.29 is 4.79 Å². The summed E-state index contributed by atoms with van der Waals surface area (Å²) >= 11 is 5.10. The fourth-order valence-corrected chi connectivity index (χ4v) is 1.15. The summed E-state index contributed by atoms with van der Waals surface area (Å²) in [5.41, 5.74) is 0.975. The van der Waals surface area contributed by atoms with E-state index >= 15 is 0 Å². The molecule has 0 N–H and O–H groups in total. The third-order valence-corrected chi connectivity index (χ3v) is 1.94. The first kappa shape index (κ1) is 9.07. The Bertz CT molecular complexity index is 295. The van der Waals surface area contributed by atoms with Crippen molar-refractivity contribution >= 4 is 22.9 Å². The Kier molecular flexibility index (Phi) is 3.11. The van der Waals surface area contributed by atoms with E-state index in [0.29, 0.717) is 0 Å². The van der Waals surface area contributed by atoms with Crippen molar-refractivity contribution in [2.45, 2.75) is 13.3 Å². The van der Waals surface area contributed by atoms with E-state index in [1.807, 2.05) is 18.2 Å². The fraction of sp³-hybridized carbons (Fsp3) is 0.200. The highest BCUT2D eigenvalue weighted by Gasteiger charge is 2.01. The van der Waals surface area contributed by atoms with Gasteiger partial charge in [0.1, 0.15) is 0 Å². The highest BCUT2D eigenvalue weighted by Crippen LogP contribution is 2.10. The zero-order valence-corrected chi connectivity index (χ0v) is 7.73. The molecule has 0 aromatic carbocycles. The number of rotatable bonds is 2. The SMILES string of the molecule is CC(=O)C=CC1=CC=CCC1=S. The van der Waals surface area contributed by atoms with E-state index in [1.165, 1.54) is 13.0 Å². The zero-order valence-electron chi connectivity index (χ0n) is 6.91. The zero-order chi connectivity index (χ0) is 8.97. The third kappa shape index (κ3) is 2.55. The molecule has 12 heavy (non-hydrogen) atoms. The van der Waals surface area contributed by atoms with Gasteiger partial charge in [-0.25, -0.2) is 0 Å². The van der Waals surface area contributed by atoms with Gasteiger partial charge in [-0.05, 0) is 18.6 Å². The molecule has 0 heterocycles. The van der Waals surface area contributed by atoms with Crippen LogP contribution in [0.25, 0.3) is 0 Å². The van der Waals surface area contributed by atoms with Crippen molar-refractivity contribution in [1.82, 2.24) is 0 Å². The lowest BCUT2D eigenvalue weighted by Gasteiger charge is -2.04. The molecule has 0 saturated heterocycles. The summed E-state index contributed by atoms with van der Waals surface area (Å²) in [5, 5.41) is 0. The van der Waals surface area contributed by atoms with Gasteiger partial charge in [-0.1, -0.05) is 36.5 Å². The molecule has 0 bridgehead atoms. The summed E-state index contributed by atoms with van der Waals surface area (Å²) in [6.07, 6.45) is 10.0. The van der Waals surface area contributed by atoms with Crippen LogP contribution in [0.3, 0.4) is 0 Å². The standard InChI is InChI=1S/C10H10OS/c1-8(11)6-7-9-4-2-3-5-10(9)12/h2-4,6-7H,5H2,1H3. The number of hydrogen-bond acceptors (Lipinski definition) is 2. The van der Waals surface area contributed by atoms with Crippen LogP contribution in [-0.2, 0) is 4.79 Å². The van der Waals surface area contributed by atoms with Crippen LogP contribution in [0.5, 0.6) is 0 Å². The molecule has 1 rings (SSSR count). The normalized spacial score (nSPS) is 16.8. The van der Waals surface area contributed by atoms with Gasteiger partial charge in [0.25, 0.3) is 0 Å².